The lowest BCUT2D eigenvalue weighted by atomic mass is 10.2. The summed E-state index contributed by atoms with van der Waals surface area (Å²) < 4.78 is 5.72. The van der Waals surface area contributed by atoms with Crippen LogP contribution in [0.25, 0.3) is 0 Å². The normalized spacial score (nSPS) is 10.6. The van der Waals surface area contributed by atoms with Crippen LogP contribution >= 0.6 is 23.2 Å². The van der Waals surface area contributed by atoms with E-state index in [-0.39, 0.29) is 12.5 Å². The highest BCUT2D eigenvalue weighted by Crippen LogP contribution is 2.15. The van der Waals surface area contributed by atoms with Crippen molar-refractivity contribution in [2.24, 2.45) is 5.10 Å². The molecule has 0 aliphatic heterocycles. The van der Waals surface area contributed by atoms with Gasteiger partial charge < -0.3 is 10.1 Å². The summed E-state index contributed by atoms with van der Waals surface area (Å²) in [4.78, 5) is 23.8. The van der Waals surface area contributed by atoms with E-state index in [2.05, 4.69) is 15.8 Å². The van der Waals surface area contributed by atoms with Crippen LogP contribution in [0.3, 0.4) is 0 Å². The van der Waals surface area contributed by atoms with Crippen molar-refractivity contribution in [3.63, 3.8) is 0 Å². The Morgan fingerprint density at radius 3 is 2.13 bits per heavy atom. The summed E-state index contributed by atoms with van der Waals surface area (Å²) in [6.07, 6.45) is 1.50. The van der Waals surface area contributed by atoms with Crippen molar-refractivity contribution >= 4 is 41.2 Å². The van der Waals surface area contributed by atoms with Gasteiger partial charge in [0.1, 0.15) is 12.4 Å². The molecule has 0 saturated carbocycles. The Morgan fingerprint density at radius 2 is 1.48 bits per heavy atom. The minimum atomic E-state index is -0.443. The van der Waals surface area contributed by atoms with Gasteiger partial charge in [-0.15, -0.1) is 0 Å². The van der Waals surface area contributed by atoms with Crippen molar-refractivity contribution in [2.45, 2.75) is 6.61 Å². The van der Waals surface area contributed by atoms with Crippen LogP contribution in [0, 0.1) is 0 Å². The summed E-state index contributed by atoms with van der Waals surface area (Å²) in [6.45, 7) is 0.235. The Morgan fingerprint density at radius 1 is 0.871 bits per heavy atom. The third-order valence-electron chi connectivity index (χ3n) is 4.12. The van der Waals surface area contributed by atoms with E-state index < -0.39 is 5.91 Å². The number of hydrazone groups is 1. The van der Waals surface area contributed by atoms with Crippen molar-refractivity contribution in [1.29, 1.82) is 0 Å². The van der Waals surface area contributed by atoms with Gasteiger partial charge in [-0.2, -0.15) is 5.10 Å². The predicted octanol–water partition coefficient (Wildman–Crippen LogP) is 4.45. The minimum absolute atomic E-state index is 0.198. The largest absolute Gasteiger partial charge is 0.489 e. The van der Waals surface area contributed by atoms with Gasteiger partial charge in [-0.05, 0) is 71.8 Å². The summed E-state index contributed by atoms with van der Waals surface area (Å²) in [5.74, 6) is -0.104. The number of carbonyl (C=O) groups excluding carboxylic acids is 2. The summed E-state index contributed by atoms with van der Waals surface area (Å²) in [5, 5.41) is 7.62. The van der Waals surface area contributed by atoms with E-state index in [1.54, 1.807) is 24.3 Å². The van der Waals surface area contributed by atoms with Crippen LogP contribution in [0.4, 0.5) is 0 Å². The summed E-state index contributed by atoms with van der Waals surface area (Å²) in [5.41, 5.74) is 4.58. The zero-order chi connectivity index (χ0) is 22.1. The molecule has 0 fully saturated rings. The molecule has 3 rings (SSSR count). The van der Waals surface area contributed by atoms with E-state index in [4.69, 9.17) is 27.9 Å². The monoisotopic (exact) mass is 455 g/mol. The second-order valence-corrected chi connectivity index (χ2v) is 7.34. The molecule has 0 aliphatic carbocycles. The van der Waals surface area contributed by atoms with Gasteiger partial charge in [0, 0.05) is 15.6 Å². The topological polar surface area (TPSA) is 79.8 Å². The Hall–Kier alpha value is -3.35. The van der Waals surface area contributed by atoms with Gasteiger partial charge in [-0.1, -0.05) is 35.3 Å². The summed E-state index contributed by atoms with van der Waals surface area (Å²) in [7, 11) is 0. The van der Waals surface area contributed by atoms with Gasteiger partial charge in [-0.3, -0.25) is 9.59 Å². The van der Waals surface area contributed by atoms with E-state index in [0.29, 0.717) is 28.0 Å². The molecular formula is C23H19Cl2N3O3. The quantitative estimate of drug-likeness (QED) is 0.388. The van der Waals surface area contributed by atoms with Crippen LogP contribution < -0.4 is 15.5 Å². The SMILES string of the molecule is O=C(CNC(=O)c1ccc(Cl)cc1)N/N=C\c1ccc(OCc2ccc(Cl)cc2)cc1. The molecule has 0 aromatic heterocycles. The van der Waals surface area contributed by atoms with Gasteiger partial charge >= 0.3 is 0 Å². The molecule has 3 aromatic rings. The zero-order valence-electron chi connectivity index (χ0n) is 16.3. The van der Waals surface area contributed by atoms with Gasteiger partial charge in [-0.25, -0.2) is 5.43 Å². The molecule has 0 bridgehead atoms. The molecule has 0 saturated heterocycles. The lowest BCUT2D eigenvalue weighted by Gasteiger charge is -2.06. The number of nitrogens with zero attached hydrogens (tertiary/aromatic N) is 1. The number of hydrogen-bond acceptors (Lipinski definition) is 4. The van der Waals surface area contributed by atoms with E-state index in [1.165, 1.54) is 6.21 Å². The molecular weight excluding hydrogens is 437 g/mol. The smallest absolute Gasteiger partial charge is 0.259 e. The van der Waals surface area contributed by atoms with Gasteiger partial charge in [0.15, 0.2) is 0 Å². The lowest BCUT2D eigenvalue weighted by Crippen LogP contribution is -2.34. The first kappa shape index (κ1) is 22.3. The van der Waals surface area contributed by atoms with Crippen molar-refractivity contribution in [2.75, 3.05) is 6.54 Å². The van der Waals surface area contributed by atoms with Crippen LogP contribution in [0.15, 0.2) is 77.9 Å². The Labute approximate surface area is 189 Å². The fourth-order valence-electron chi connectivity index (χ4n) is 2.48. The van der Waals surface area contributed by atoms with Crippen molar-refractivity contribution in [3.8, 4) is 5.75 Å². The molecule has 2 amide bonds. The Kier molecular flexibility index (Phi) is 8.04. The van der Waals surface area contributed by atoms with Crippen molar-refractivity contribution in [3.05, 3.63) is 99.5 Å². The standard InChI is InChI=1S/C23H19Cl2N3O3/c24-19-7-1-17(2-8-19)15-31-21-11-3-16(4-12-21)13-27-28-22(29)14-26-23(30)18-5-9-20(25)10-6-18/h1-13H,14-15H2,(H,26,30)(H,28,29)/b27-13-. The molecule has 0 heterocycles. The molecule has 31 heavy (non-hydrogen) atoms. The summed E-state index contributed by atoms with van der Waals surface area (Å²) in [6, 6.07) is 21.1. The van der Waals surface area contributed by atoms with Gasteiger partial charge in [0.2, 0.25) is 0 Å². The van der Waals surface area contributed by atoms with E-state index >= 15 is 0 Å². The molecule has 0 aliphatic rings. The highest BCUT2D eigenvalue weighted by Gasteiger charge is 2.07. The molecule has 0 radical (unpaired) electrons. The van der Waals surface area contributed by atoms with Gasteiger partial charge in [0.05, 0.1) is 12.8 Å². The number of rotatable bonds is 8. The molecule has 0 atom stereocenters. The fraction of sp³-hybridized carbons (Fsp3) is 0.0870. The van der Waals surface area contributed by atoms with Crippen LogP contribution in [0.2, 0.25) is 10.0 Å². The molecule has 2 N–H and O–H groups in total. The predicted molar refractivity (Wildman–Crippen MR) is 122 cm³/mol. The van der Waals surface area contributed by atoms with Crippen LogP contribution in [0.1, 0.15) is 21.5 Å². The van der Waals surface area contributed by atoms with Crippen LogP contribution in [-0.4, -0.2) is 24.6 Å². The molecule has 6 nitrogen and oxygen atoms in total. The first-order valence-electron chi connectivity index (χ1n) is 9.32. The molecule has 3 aromatic carbocycles. The van der Waals surface area contributed by atoms with Gasteiger partial charge in [0.25, 0.3) is 11.8 Å². The average Bonchev–Trinajstić information content (AvgIpc) is 2.78. The third-order valence-corrected chi connectivity index (χ3v) is 4.62. The molecule has 158 valence electrons. The minimum Gasteiger partial charge on any atom is -0.489 e. The van der Waals surface area contributed by atoms with Crippen molar-refractivity contribution in [1.82, 2.24) is 10.7 Å². The number of benzene rings is 3. The maximum Gasteiger partial charge on any atom is 0.259 e. The van der Waals surface area contributed by atoms with E-state index in [1.807, 2.05) is 48.5 Å². The zero-order valence-corrected chi connectivity index (χ0v) is 17.9. The number of halogens is 2. The number of hydrogen-bond donors (Lipinski definition) is 2. The first-order chi connectivity index (χ1) is 15.0. The number of amides is 2. The van der Waals surface area contributed by atoms with E-state index in [9.17, 15) is 9.59 Å². The highest BCUT2D eigenvalue weighted by molar-refractivity contribution is 6.30. The lowest BCUT2D eigenvalue weighted by molar-refractivity contribution is -0.120. The first-order valence-corrected chi connectivity index (χ1v) is 10.1. The second kappa shape index (κ2) is 11.2. The molecule has 8 heteroatoms. The number of nitrogens with one attached hydrogen (secondary N) is 2. The number of ether oxygens (including phenoxy) is 1. The Balaban J connectivity index is 1.40. The number of carbonyl (C=O) groups is 2. The Bertz CT molecular complexity index is 1050. The highest BCUT2D eigenvalue weighted by atomic mass is 35.5. The fourth-order valence-corrected chi connectivity index (χ4v) is 2.73. The van der Waals surface area contributed by atoms with Crippen molar-refractivity contribution < 1.29 is 14.3 Å². The van der Waals surface area contributed by atoms with E-state index in [0.717, 1.165) is 11.1 Å². The van der Waals surface area contributed by atoms with Crippen LogP contribution in [-0.2, 0) is 11.4 Å². The molecule has 0 spiro atoms. The average molecular weight is 456 g/mol. The molecule has 0 unspecified atom stereocenters. The van der Waals surface area contributed by atoms with Crippen LogP contribution in [0.5, 0.6) is 5.75 Å². The second-order valence-electron chi connectivity index (χ2n) is 6.47. The maximum absolute atomic E-state index is 12.0. The maximum atomic E-state index is 12.0. The third kappa shape index (κ3) is 7.44. The summed E-state index contributed by atoms with van der Waals surface area (Å²) >= 11 is 11.7.